The molecule has 1 saturated carbocycles. The highest BCUT2D eigenvalue weighted by Crippen LogP contribution is 2.37. The summed E-state index contributed by atoms with van der Waals surface area (Å²) < 4.78 is 5.58. The van der Waals surface area contributed by atoms with Crippen molar-refractivity contribution in [2.75, 3.05) is 6.61 Å². The summed E-state index contributed by atoms with van der Waals surface area (Å²) in [5, 5.41) is 10.5. The lowest BCUT2D eigenvalue weighted by Gasteiger charge is -2.30. The van der Waals surface area contributed by atoms with Gasteiger partial charge in [-0.05, 0) is 37.2 Å². The molecule has 1 heterocycles. The van der Waals surface area contributed by atoms with E-state index in [0.29, 0.717) is 12.5 Å². The van der Waals surface area contributed by atoms with Crippen molar-refractivity contribution >= 4 is 0 Å². The van der Waals surface area contributed by atoms with Crippen LogP contribution in [-0.4, -0.2) is 16.7 Å². The first-order valence-corrected chi connectivity index (χ1v) is 7.46. The fourth-order valence-corrected chi connectivity index (χ4v) is 2.77. The number of nitrogens with zero attached hydrogens (tertiary/aromatic N) is 1. The van der Waals surface area contributed by atoms with Gasteiger partial charge in [0.1, 0.15) is 5.75 Å². The average Bonchev–Trinajstić information content (AvgIpc) is 2.45. The average molecular weight is 263 g/mol. The van der Waals surface area contributed by atoms with E-state index >= 15 is 0 Å². The van der Waals surface area contributed by atoms with Crippen LogP contribution in [0.2, 0.25) is 0 Å². The predicted molar refractivity (Wildman–Crippen MR) is 76.1 cm³/mol. The van der Waals surface area contributed by atoms with Crippen LogP contribution in [0.3, 0.4) is 0 Å². The molecule has 0 aliphatic heterocycles. The summed E-state index contributed by atoms with van der Waals surface area (Å²) in [5.74, 6) is 1.95. The van der Waals surface area contributed by atoms with E-state index in [0.717, 1.165) is 36.5 Å². The molecule has 1 unspecified atom stereocenters. The predicted octanol–water partition coefficient (Wildman–Crippen LogP) is 3.73. The van der Waals surface area contributed by atoms with E-state index in [9.17, 15) is 5.11 Å². The van der Waals surface area contributed by atoms with Crippen LogP contribution in [0.1, 0.15) is 57.6 Å². The van der Waals surface area contributed by atoms with Crippen molar-refractivity contribution in [3.8, 4) is 5.75 Å². The van der Waals surface area contributed by atoms with E-state index in [-0.39, 0.29) is 0 Å². The smallest absolute Gasteiger partial charge is 0.137 e. The molecule has 0 aromatic carbocycles. The third-order valence-corrected chi connectivity index (χ3v) is 4.06. The lowest BCUT2D eigenvalue weighted by Crippen LogP contribution is -2.19. The summed E-state index contributed by atoms with van der Waals surface area (Å²) in [5.41, 5.74) is 0.896. The second-order valence-electron chi connectivity index (χ2n) is 5.77. The molecule has 1 aromatic rings. The number of aliphatic hydroxyl groups is 1. The highest BCUT2D eigenvalue weighted by molar-refractivity contribution is 5.25. The summed E-state index contributed by atoms with van der Waals surface area (Å²) >= 11 is 0. The Morgan fingerprint density at radius 3 is 2.74 bits per heavy atom. The normalized spacial score (nSPS) is 25.0. The van der Waals surface area contributed by atoms with Crippen molar-refractivity contribution < 1.29 is 9.84 Å². The lowest BCUT2D eigenvalue weighted by molar-refractivity contribution is 0.0750. The summed E-state index contributed by atoms with van der Waals surface area (Å²) in [6, 6.07) is 1.94. The third kappa shape index (κ3) is 3.93. The van der Waals surface area contributed by atoms with Gasteiger partial charge >= 0.3 is 0 Å². The zero-order valence-corrected chi connectivity index (χ0v) is 12.0. The third-order valence-electron chi connectivity index (χ3n) is 4.06. The van der Waals surface area contributed by atoms with Crippen LogP contribution in [0.5, 0.6) is 5.75 Å². The molecule has 1 aliphatic rings. The first-order valence-electron chi connectivity index (χ1n) is 7.46. The van der Waals surface area contributed by atoms with E-state index in [1.807, 2.05) is 6.07 Å². The largest absolute Gasteiger partial charge is 0.492 e. The second-order valence-corrected chi connectivity index (χ2v) is 5.77. The van der Waals surface area contributed by atoms with Crippen molar-refractivity contribution in [1.29, 1.82) is 0 Å². The molecular weight excluding hydrogens is 238 g/mol. The van der Waals surface area contributed by atoms with E-state index in [2.05, 4.69) is 18.8 Å². The molecule has 106 valence electrons. The minimum absolute atomic E-state index is 0.374. The van der Waals surface area contributed by atoms with Crippen LogP contribution in [-0.2, 0) is 0 Å². The summed E-state index contributed by atoms with van der Waals surface area (Å²) in [6.45, 7) is 5.07. The number of hydrogen-bond donors (Lipinski definition) is 1. The Kier molecular flexibility index (Phi) is 5.20. The minimum atomic E-state index is -0.398. The molecule has 3 heteroatoms. The molecule has 0 spiro atoms. The molecule has 1 aromatic heterocycles. The van der Waals surface area contributed by atoms with E-state index < -0.39 is 6.10 Å². The quantitative estimate of drug-likeness (QED) is 0.880. The Hall–Kier alpha value is -1.09. The van der Waals surface area contributed by atoms with E-state index in [1.54, 1.807) is 12.4 Å². The molecule has 1 N–H and O–H groups in total. The second kappa shape index (κ2) is 6.90. The molecule has 0 amide bonds. The van der Waals surface area contributed by atoms with Gasteiger partial charge in [-0.1, -0.05) is 26.7 Å². The van der Waals surface area contributed by atoms with Crippen molar-refractivity contribution in [2.24, 2.45) is 11.8 Å². The number of pyridine rings is 1. The maximum atomic E-state index is 10.5. The molecule has 0 saturated heterocycles. The van der Waals surface area contributed by atoms with Crippen molar-refractivity contribution in [1.82, 2.24) is 4.98 Å². The number of ether oxygens (including phenoxy) is 1. The molecule has 1 aliphatic carbocycles. The molecule has 19 heavy (non-hydrogen) atoms. The Balaban J connectivity index is 1.99. The van der Waals surface area contributed by atoms with Crippen LogP contribution < -0.4 is 4.74 Å². The van der Waals surface area contributed by atoms with Gasteiger partial charge in [-0.15, -0.1) is 0 Å². The summed E-state index contributed by atoms with van der Waals surface area (Å²) in [7, 11) is 0. The number of rotatable bonds is 5. The molecular formula is C16H25NO2. The molecule has 0 radical (unpaired) electrons. The Bertz CT molecular complexity index is 386. The maximum Gasteiger partial charge on any atom is 0.137 e. The first kappa shape index (κ1) is 14.3. The molecule has 3 nitrogen and oxygen atoms in total. The Morgan fingerprint density at radius 2 is 2.05 bits per heavy atom. The summed E-state index contributed by atoms with van der Waals surface area (Å²) in [4.78, 5) is 4.18. The first-order chi connectivity index (χ1) is 9.20. The fourth-order valence-electron chi connectivity index (χ4n) is 2.77. The van der Waals surface area contributed by atoms with Gasteiger partial charge in [-0.3, -0.25) is 4.98 Å². The van der Waals surface area contributed by atoms with Crippen molar-refractivity contribution in [3.05, 3.63) is 24.0 Å². The number of aromatic nitrogens is 1. The van der Waals surface area contributed by atoms with Crippen LogP contribution in [0.4, 0.5) is 0 Å². The van der Waals surface area contributed by atoms with E-state index in [4.69, 9.17) is 4.74 Å². The van der Waals surface area contributed by atoms with Gasteiger partial charge in [0.2, 0.25) is 0 Å². The van der Waals surface area contributed by atoms with Gasteiger partial charge in [0.15, 0.2) is 0 Å². The highest BCUT2D eigenvalue weighted by atomic mass is 16.5. The Morgan fingerprint density at radius 1 is 1.32 bits per heavy atom. The minimum Gasteiger partial charge on any atom is -0.492 e. The number of hydrogen-bond acceptors (Lipinski definition) is 3. The van der Waals surface area contributed by atoms with E-state index in [1.165, 1.54) is 12.8 Å². The van der Waals surface area contributed by atoms with Crippen molar-refractivity contribution in [3.63, 3.8) is 0 Å². The van der Waals surface area contributed by atoms with Gasteiger partial charge in [-0.25, -0.2) is 0 Å². The van der Waals surface area contributed by atoms with Crippen LogP contribution in [0, 0.1) is 11.8 Å². The van der Waals surface area contributed by atoms with Gasteiger partial charge < -0.3 is 9.84 Å². The van der Waals surface area contributed by atoms with Crippen LogP contribution in [0.25, 0.3) is 0 Å². The standard InChI is InChI=1S/C16H25NO2/c1-3-8-19-15-9-14(10-17-11-15)16(18)13-6-4-12(2)5-7-13/h9-13,16,18H,3-8H2,1-2H3. The Labute approximate surface area is 116 Å². The molecule has 0 bridgehead atoms. The zero-order chi connectivity index (χ0) is 13.7. The number of aliphatic hydroxyl groups excluding tert-OH is 1. The van der Waals surface area contributed by atoms with Gasteiger partial charge in [0, 0.05) is 11.8 Å². The van der Waals surface area contributed by atoms with Gasteiger partial charge in [0.05, 0.1) is 18.9 Å². The monoisotopic (exact) mass is 263 g/mol. The van der Waals surface area contributed by atoms with Gasteiger partial charge in [-0.2, -0.15) is 0 Å². The van der Waals surface area contributed by atoms with Crippen molar-refractivity contribution in [2.45, 2.75) is 52.1 Å². The van der Waals surface area contributed by atoms with Crippen LogP contribution in [0.15, 0.2) is 18.5 Å². The SMILES string of the molecule is CCCOc1cncc(C(O)C2CCC(C)CC2)c1. The maximum absolute atomic E-state index is 10.5. The molecule has 1 atom stereocenters. The highest BCUT2D eigenvalue weighted by Gasteiger charge is 2.26. The lowest BCUT2D eigenvalue weighted by atomic mass is 9.79. The fraction of sp³-hybridized carbons (Fsp3) is 0.688. The summed E-state index contributed by atoms with van der Waals surface area (Å²) in [6.07, 6.45) is 8.74. The topological polar surface area (TPSA) is 42.4 Å². The van der Waals surface area contributed by atoms with Crippen LogP contribution >= 0.6 is 0 Å². The zero-order valence-electron chi connectivity index (χ0n) is 12.0. The van der Waals surface area contributed by atoms with Gasteiger partial charge in [0.25, 0.3) is 0 Å². The molecule has 2 rings (SSSR count). The molecule has 1 fully saturated rings.